The molecule has 0 saturated carbocycles. The Bertz CT molecular complexity index is 1050. The molecular weight excluding hydrogens is 404 g/mol. The van der Waals surface area contributed by atoms with Gasteiger partial charge < -0.3 is 5.32 Å². The number of carbonyl (C=O) groups is 2. The molecule has 1 fully saturated rings. The van der Waals surface area contributed by atoms with Gasteiger partial charge in [-0.2, -0.15) is 0 Å². The lowest BCUT2D eigenvalue weighted by atomic mass is 10.0. The molecule has 1 heterocycles. The van der Waals surface area contributed by atoms with E-state index in [9.17, 15) is 9.59 Å². The lowest BCUT2D eigenvalue weighted by Crippen LogP contribution is -2.27. The van der Waals surface area contributed by atoms with Gasteiger partial charge in [-0.15, -0.1) is 11.8 Å². The van der Waals surface area contributed by atoms with Crippen molar-refractivity contribution in [2.75, 3.05) is 16.0 Å². The molecule has 5 heteroatoms. The van der Waals surface area contributed by atoms with Crippen molar-refractivity contribution in [3.8, 4) is 0 Å². The summed E-state index contributed by atoms with van der Waals surface area (Å²) in [5.74, 6) is 0.994. The summed E-state index contributed by atoms with van der Waals surface area (Å²) in [5, 5.41) is 2.89. The second-order valence-corrected chi connectivity index (χ2v) is 9.07. The van der Waals surface area contributed by atoms with Gasteiger partial charge >= 0.3 is 0 Å². The van der Waals surface area contributed by atoms with Gasteiger partial charge in [0.15, 0.2) is 0 Å². The monoisotopic (exact) mass is 430 g/mol. The third kappa shape index (κ3) is 5.00. The number of amides is 2. The number of thioether (sulfide) groups is 1. The first-order valence-electron chi connectivity index (χ1n) is 10.5. The smallest absolute Gasteiger partial charge is 0.238 e. The van der Waals surface area contributed by atoms with Gasteiger partial charge in [-0.1, -0.05) is 68.4 Å². The van der Waals surface area contributed by atoms with Crippen LogP contribution in [0.4, 0.5) is 11.4 Å². The first kappa shape index (κ1) is 21.2. The van der Waals surface area contributed by atoms with Crippen LogP contribution in [0.1, 0.15) is 41.8 Å². The number of hydrogen-bond donors (Lipinski definition) is 1. The van der Waals surface area contributed by atoms with E-state index in [-0.39, 0.29) is 17.2 Å². The fourth-order valence-electron chi connectivity index (χ4n) is 3.69. The van der Waals surface area contributed by atoms with Crippen LogP contribution >= 0.6 is 11.8 Å². The highest BCUT2D eigenvalue weighted by atomic mass is 32.2. The summed E-state index contributed by atoms with van der Waals surface area (Å²) in [6.07, 6.45) is 0.343. The van der Waals surface area contributed by atoms with Crippen molar-refractivity contribution in [1.29, 1.82) is 0 Å². The first-order chi connectivity index (χ1) is 15.0. The highest BCUT2D eigenvalue weighted by Gasteiger charge is 2.34. The van der Waals surface area contributed by atoms with Crippen molar-refractivity contribution in [3.63, 3.8) is 0 Å². The zero-order valence-electron chi connectivity index (χ0n) is 17.7. The lowest BCUT2D eigenvalue weighted by Gasteiger charge is -2.25. The van der Waals surface area contributed by atoms with E-state index in [1.54, 1.807) is 11.8 Å². The van der Waals surface area contributed by atoms with E-state index in [0.717, 1.165) is 22.5 Å². The van der Waals surface area contributed by atoms with E-state index >= 15 is 0 Å². The standard InChI is InChI=1S/C26H26N2O2S/c1-18(2)20-10-14-23(15-11-20)28-25(30)17-31-26(28)21-8-12-22(13-9-21)27-24(29)16-19-6-4-3-5-7-19/h3-15,18,26H,16-17H2,1-2H3,(H,27,29)/t26-/m0/s1. The minimum Gasteiger partial charge on any atom is -0.326 e. The summed E-state index contributed by atoms with van der Waals surface area (Å²) in [5.41, 5.74) is 4.97. The number of carbonyl (C=O) groups excluding carboxylic acids is 2. The molecule has 1 N–H and O–H groups in total. The summed E-state index contributed by atoms with van der Waals surface area (Å²) >= 11 is 1.63. The molecule has 0 unspecified atom stereocenters. The van der Waals surface area contributed by atoms with Gasteiger partial charge in [0.1, 0.15) is 5.37 Å². The van der Waals surface area contributed by atoms with E-state index in [1.165, 1.54) is 5.56 Å². The van der Waals surface area contributed by atoms with Crippen LogP contribution in [0.2, 0.25) is 0 Å². The van der Waals surface area contributed by atoms with E-state index in [0.29, 0.717) is 18.1 Å². The van der Waals surface area contributed by atoms with Gasteiger partial charge in [0.25, 0.3) is 0 Å². The minimum absolute atomic E-state index is 0.0452. The second kappa shape index (κ2) is 9.40. The fraction of sp³-hybridized carbons (Fsp3) is 0.231. The van der Waals surface area contributed by atoms with Gasteiger partial charge in [-0.05, 0) is 46.9 Å². The largest absolute Gasteiger partial charge is 0.326 e. The highest BCUT2D eigenvalue weighted by molar-refractivity contribution is 8.00. The molecule has 3 aromatic carbocycles. The fourth-order valence-corrected chi connectivity index (χ4v) is 4.86. The topological polar surface area (TPSA) is 49.4 Å². The Balaban J connectivity index is 1.46. The number of nitrogens with one attached hydrogen (secondary N) is 1. The number of benzene rings is 3. The van der Waals surface area contributed by atoms with Gasteiger partial charge in [-0.25, -0.2) is 0 Å². The summed E-state index contributed by atoms with van der Waals surface area (Å²) in [6, 6.07) is 25.7. The molecule has 1 atom stereocenters. The van der Waals surface area contributed by atoms with E-state index < -0.39 is 0 Å². The zero-order chi connectivity index (χ0) is 21.8. The molecule has 158 valence electrons. The highest BCUT2D eigenvalue weighted by Crippen LogP contribution is 2.42. The molecule has 31 heavy (non-hydrogen) atoms. The Hall–Kier alpha value is -3.05. The summed E-state index contributed by atoms with van der Waals surface area (Å²) < 4.78 is 0. The Morgan fingerprint density at radius 1 is 1.00 bits per heavy atom. The Labute approximate surface area is 187 Å². The molecule has 2 amide bonds. The van der Waals surface area contributed by atoms with Crippen LogP contribution in [0.15, 0.2) is 78.9 Å². The molecule has 0 bridgehead atoms. The molecule has 3 aromatic rings. The Kier molecular flexibility index (Phi) is 6.42. The van der Waals surface area contributed by atoms with Crippen LogP contribution in [0.3, 0.4) is 0 Å². The van der Waals surface area contributed by atoms with E-state index in [2.05, 4.69) is 31.3 Å². The van der Waals surface area contributed by atoms with Crippen molar-refractivity contribution >= 4 is 35.0 Å². The van der Waals surface area contributed by atoms with Crippen LogP contribution in [0.5, 0.6) is 0 Å². The van der Waals surface area contributed by atoms with E-state index in [4.69, 9.17) is 0 Å². The van der Waals surface area contributed by atoms with Crippen LogP contribution in [-0.4, -0.2) is 17.6 Å². The summed E-state index contributed by atoms with van der Waals surface area (Å²) in [7, 11) is 0. The maximum atomic E-state index is 12.6. The predicted molar refractivity (Wildman–Crippen MR) is 128 cm³/mol. The van der Waals surface area contributed by atoms with Crippen molar-refractivity contribution in [2.45, 2.75) is 31.6 Å². The molecule has 1 aliphatic heterocycles. The summed E-state index contributed by atoms with van der Waals surface area (Å²) in [4.78, 5) is 26.8. The van der Waals surface area contributed by atoms with Crippen molar-refractivity contribution < 1.29 is 9.59 Å². The van der Waals surface area contributed by atoms with Crippen LogP contribution in [0, 0.1) is 0 Å². The second-order valence-electron chi connectivity index (χ2n) is 8.01. The number of rotatable bonds is 6. The molecule has 4 nitrogen and oxygen atoms in total. The number of nitrogens with zero attached hydrogens (tertiary/aromatic N) is 1. The third-order valence-electron chi connectivity index (χ3n) is 5.39. The molecule has 0 aliphatic carbocycles. The van der Waals surface area contributed by atoms with Gasteiger partial charge in [-0.3, -0.25) is 14.5 Å². The minimum atomic E-state index is -0.0635. The van der Waals surface area contributed by atoms with Gasteiger partial charge in [0, 0.05) is 11.4 Å². The van der Waals surface area contributed by atoms with Crippen molar-refractivity contribution in [1.82, 2.24) is 0 Å². The van der Waals surface area contributed by atoms with Crippen molar-refractivity contribution in [3.05, 3.63) is 95.6 Å². The van der Waals surface area contributed by atoms with Crippen LogP contribution < -0.4 is 10.2 Å². The Morgan fingerprint density at radius 2 is 1.68 bits per heavy atom. The lowest BCUT2D eigenvalue weighted by molar-refractivity contribution is -0.116. The normalized spacial score (nSPS) is 16.0. The van der Waals surface area contributed by atoms with E-state index in [1.807, 2.05) is 71.6 Å². The summed E-state index contributed by atoms with van der Waals surface area (Å²) in [6.45, 7) is 4.32. The van der Waals surface area contributed by atoms with Crippen LogP contribution in [0.25, 0.3) is 0 Å². The van der Waals surface area contributed by atoms with Gasteiger partial charge in [0.2, 0.25) is 11.8 Å². The predicted octanol–water partition coefficient (Wildman–Crippen LogP) is 5.77. The quantitative estimate of drug-likeness (QED) is 0.540. The molecule has 1 aliphatic rings. The molecule has 4 rings (SSSR count). The maximum Gasteiger partial charge on any atom is 0.238 e. The molecule has 0 aromatic heterocycles. The van der Waals surface area contributed by atoms with Crippen molar-refractivity contribution in [2.24, 2.45) is 0 Å². The number of hydrogen-bond acceptors (Lipinski definition) is 3. The first-order valence-corrected chi connectivity index (χ1v) is 11.5. The average molecular weight is 431 g/mol. The maximum absolute atomic E-state index is 12.6. The molecule has 0 radical (unpaired) electrons. The Morgan fingerprint density at radius 3 is 2.32 bits per heavy atom. The molecule has 0 spiro atoms. The average Bonchev–Trinajstić information content (AvgIpc) is 3.16. The molecule has 1 saturated heterocycles. The third-order valence-corrected chi connectivity index (χ3v) is 6.61. The van der Waals surface area contributed by atoms with Crippen LogP contribution in [-0.2, 0) is 16.0 Å². The zero-order valence-corrected chi connectivity index (χ0v) is 18.6. The number of anilines is 2. The van der Waals surface area contributed by atoms with Gasteiger partial charge in [0.05, 0.1) is 12.2 Å². The molecular formula is C26H26N2O2S. The SMILES string of the molecule is CC(C)c1ccc(N2C(=O)CS[C@H]2c2ccc(NC(=O)Cc3ccccc3)cc2)cc1.